The van der Waals surface area contributed by atoms with E-state index < -0.39 is 0 Å². The summed E-state index contributed by atoms with van der Waals surface area (Å²) in [5.74, 6) is 0.456. The molecule has 2 unspecified atom stereocenters. The zero-order valence-corrected chi connectivity index (χ0v) is 14.6. The van der Waals surface area contributed by atoms with Crippen LogP contribution in [-0.4, -0.2) is 42.4 Å². The van der Waals surface area contributed by atoms with Crippen LogP contribution in [0.25, 0.3) is 0 Å². The largest absolute Gasteiger partial charge is 0.342 e. The molecule has 2 saturated heterocycles. The van der Waals surface area contributed by atoms with Crippen LogP contribution in [0.4, 0.5) is 5.69 Å². The minimum absolute atomic E-state index is 0.0441. The summed E-state index contributed by atoms with van der Waals surface area (Å²) in [6.07, 6.45) is 2.25. The Morgan fingerprint density at radius 2 is 1.83 bits per heavy atom. The lowest BCUT2D eigenvalue weighted by Crippen LogP contribution is -2.45. The molecule has 0 aromatic heterocycles. The van der Waals surface area contributed by atoms with Gasteiger partial charge in [0.1, 0.15) is 0 Å². The smallest absolute Gasteiger partial charge is 0.228 e. The highest BCUT2D eigenvalue weighted by atomic mass is 16.2. The van der Waals surface area contributed by atoms with Crippen LogP contribution in [0, 0.1) is 18.8 Å². The number of rotatable bonds is 3. The van der Waals surface area contributed by atoms with Gasteiger partial charge >= 0.3 is 0 Å². The first kappa shape index (κ1) is 17.0. The monoisotopic (exact) mass is 329 g/mol. The van der Waals surface area contributed by atoms with Gasteiger partial charge in [-0.2, -0.15) is 0 Å². The van der Waals surface area contributed by atoms with Crippen molar-refractivity contribution >= 4 is 17.5 Å². The van der Waals surface area contributed by atoms with Crippen LogP contribution in [0.5, 0.6) is 0 Å². The van der Waals surface area contributed by atoms with E-state index in [1.54, 1.807) is 4.90 Å². The molecule has 3 rings (SSSR count). The van der Waals surface area contributed by atoms with Crippen LogP contribution >= 0.6 is 0 Å². The first-order valence-electron chi connectivity index (χ1n) is 8.87. The fourth-order valence-corrected chi connectivity index (χ4v) is 3.75. The standard InChI is InChI=1S/C19H27N3O2/c1-13-3-5-17(6-4-13)22-12-16(11-18(22)23)19(24)21-9-7-15(8-10-21)14(2)20/h3-6,14-16H,7-12,20H2,1-2H3. The molecule has 130 valence electrons. The van der Waals surface area contributed by atoms with E-state index in [0.717, 1.165) is 37.2 Å². The van der Waals surface area contributed by atoms with E-state index in [1.165, 1.54) is 0 Å². The molecule has 0 radical (unpaired) electrons. The number of hydrogen-bond donors (Lipinski definition) is 1. The number of carbonyl (C=O) groups excluding carboxylic acids is 2. The lowest BCUT2D eigenvalue weighted by atomic mass is 9.90. The van der Waals surface area contributed by atoms with Crippen molar-refractivity contribution in [3.63, 3.8) is 0 Å². The number of anilines is 1. The Bertz CT molecular complexity index is 604. The van der Waals surface area contributed by atoms with Crippen molar-refractivity contribution in [1.82, 2.24) is 4.90 Å². The molecule has 2 N–H and O–H groups in total. The average molecular weight is 329 g/mol. The molecule has 5 nitrogen and oxygen atoms in total. The van der Waals surface area contributed by atoms with Crippen molar-refractivity contribution in [2.24, 2.45) is 17.6 Å². The molecule has 24 heavy (non-hydrogen) atoms. The second-order valence-corrected chi connectivity index (χ2v) is 7.26. The van der Waals surface area contributed by atoms with Crippen LogP contribution in [0.2, 0.25) is 0 Å². The lowest BCUT2D eigenvalue weighted by Gasteiger charge is -2.35. The third-order valence-corrected chi connectivity index (χ3v) is 5.41. The Balaban J connectivity index is 1.61. The quantitative estimate of drug-likeness (QED) is 0.921. The first-order valence-corrected chi connectivity index (χ1v) is 8.87. The van der Waals surface area contributed by atoms with Crippen LogP contribution in [0.15, 0.2) is 24.3 Å². The van der Waals surface area contributed by atoms with E-state index in [2.05, 4.69) is 0 Å². The molecule has 2 aliphatic rings. The van der Waals surface area contributed by atoms with Crippen molar-refractivity contribution in [1.29, 1.82) is 0 Å². The third-order valence-electron chi connectivity index (χ3n) is 5.41. The Hall–Kier alpha value is -1.88. The summed E-state index contributed by atoms with van der Waals surface area (Å²) in [5, 5.41) is 0. The van der Waals surface area contributed by atoms with E-state index in [-0.39, 0.29) is 23.8 Å². The summed E-state index contributed by atoms with van der Waals surface area (Å²) < 4.78 is 0. The zero-order chi connectivity index (χ0) is 17.3. The van der Waals surface area contributed by atoms with Crippen molar-refractivity contribution < 1.29 is 9.59 Å². The second-order valence-electron chi connectivity index (χ2n) is 7.26. The van der Waals surface area contributed by atoms with E-state index in [9.17, 15) is 9.59 Å². The predicted molar refractivity (Wildman–Crippen MR) is 94.6 cm³/mol. The molecule has 0 bridgehead atoms. The average Bonchev–Trinajstić information content (AvgIpc) is 2.97. The summed E-state index contributed by atoms with van der Waals surface area (Å²) in [6.45, 7) is 6.08. The van der Waals surface area contributed by atoms with E-state index >= 15 is 0 Å². The van der Waals surface area contributed by atoms with Gasteiger partial charge in [-0.1, -0.05) is 17.7 Å². The molecule has 2 fully saturated rings. The van der Waals surface area contributed by atoms with E-state index in [1.807, 2.05) is 43.0 Å². The molecular weight excluding hydrogens is 302 g/mol. The maximum Gasteiger partial charge on any atom is 0.228 e. The molecule has 0 aliphatic carbocycles. The number of amides is 2. The lowest BCUT2D eigenvalue weighted by molar-refractivity contribution is -0.137. The molecular formula is C19H27N3O2. The maximum atomic E-state index is 12.8. The third kappa shape index (κ3) is 3.46. The highest BCUT2D eigenvalue weighted by molar-refractivity contribution is 6.00. The molecule has 1 aromatic carbocycles. The number of benzene rings is 1. The van der Waals surface area contributed by atoms with Gasteiger partial charge in [-0.3, -0.25) is 9.59 Å². The fourth-order valence-electron chi connectivity index (χ4n) is 3.75. The van der Waals surface area contributed by atoms with Gasteiger partial charge in [0.15, 0.2) is 0 Å². The van der Waals surface area contributed by atoms with Gasteiger partial charge in [-0.15, -0.1) is 0 Å². The number of aryl methyl sites for hydroxylation is 1. The zero-order valence-electron chi connectivity index (χ0n) is 14.6. The number of likely N-dealkylation sites (tertiary alicyclic amines) is 1. The number of nitrogens with two attached hydrogens (primary N) is 1. The summed E-state index contributed by atoms with van der Waals surface area (Å²) in [4.78, 5) is 28.8. The van der Waals surface area contributed by atoms with Gasteiger partial charge in [0, 0.05) is 37.8 Å². The Morgan fingerprint density at radius 1 is 1.21 bits per heavy atom. The molecule has 2 atom stereocenters. The minimum Gasteiger partial charge on any atom is -0.342 e. The van der Waals surface area contributed by atoms with Crippen LogP contribution in [-0.2, 0) is 9.59 Å². The SMILES string of the molecule is Cc1ccc(N2CC(C(=O)N3CCC(C(C)N)CC3)CC2=O)cc1. The normalized spacial score (nSPS) is 23.6. The highest BCUT2D eigenvalue weighted by Gasteiger charge is 2.38. The molecule has 0 spiro atoms. The molecule has 1 aromatic rings. The number of carbonyl (C=O) groups is 2. The molecule has 5 heteroatoms. The molecule has 2 amide bonds. The van der Waals surface area contributed by atoms with E-state index in [0.29, 0.717) is 18.9 Å². The summed E-state index contributed by atoms with van der Waals surface area (Å²) in [7, 11) is 0. The number of hydrogen-bond acceptors (Lipinski definition) is 3. The Labute approximate surface area is 143 Å². The van der Waals surface area contributed by atoms with Gasteiger partial charge < -0.3 is 15.5 Å². The highest BCUT2D eigenvalue weighted by Crippen LogP contribution is 2.28. The maximum absolute atomic E-state index is 12.8. The Morgan fingerprint density at radius 3 is 2.42 bits per heavy atom. The van der Waals surface area contributed by atoms with E-state index in [4.69, 9.17) is 5.73 Å². The van der Waals surface area contributed by atoms with Gasteiger partial charge in [0.2, 0.25) is 11.8 Å². The van der Waals surface area contributed by atoms with Crippen molar-refractivity contribution in [3.8, 4) is 0 Å². The van der Waals surface area contributed by atoms with Crippen molar-refractivity contribution in [3.05, 3.63) is 29.8 Å². The van der Waals surface area contributed by atoms with Crippen molar-refractivity contribution in [2.75, 3.05) is 24.5 Å². The predicted octanol–water partition coefficient (Wildman–Crippen LogP) is 1.93. The minimum atomic E-state index is -0.217. The summed E-state index contributed by atoms with van der Waals surface area (Å²) >= 11 is 0. The van der Waals surface area contributed by atoms with Gasteiger partial charge in [-0.05, 0) is 44.7 Å². The molecule has 0 saturated carbocycles. The van der Waals surface area contributed by atoms with Gasteiger partial charge in [0.05, 0.1) is 5.92 Å². The van der Waals surface area contributed by atoms with Crippen LogP contribution in [0.1, 0.15) is 31.7 Å². The number of piperidine rings is 1. The fraction of sp³-hybridized carbons (Fsp3) is 0.579. The van der Waals surface area contributed by atoms with Crippen LogP contribution < -0.4 is 10.6 Å². The summed E-state index contributed by atoms with van der Waals surface area (Å²) in [5.41, 5.74) is 8.02. The van der Waals surface area contributed by atoms with Crippen molar-refractivity contribution in [2.45, 2.75) is 39.2 Å². The van der Waals surface area contributed by atoms with Gasteiger partial charge in [-0.25, -0.2) is 0 Å². The number of nitrogens with zero attached hydrogens (tertiary/aromatic N) is 2. The molecule has 2 aliphatic heterocycles. The molecule has 2 heterocycles. The Kier molecular flexibility index (Phi) is 4.90. The van der Waals surface area contributed by atoms with Crippen LogP contribution in [0.3, 0.4) is 0 Å². The first-order chi connectivity index (χ1) is 11.5. The summed E-state index contributed by atoms with van der Waals surface area (Å²) in [6, 6.07) is 8.09. The topological polar surface area (TPSA) is 66.6 Å². The van der Waals surface area contributed by atoms with Gasteiger partial charge in [0.25, 0.3) is 0 Å². The second kappa shape index (κ2) is 6.93.